The molecule has 50 heavy (non-hydrogen) atoms. The molecule has 4 N–H and O–H groups in total. The third-order valence-corrected chi connectivity index (χ3v) is 8.00. The Bertz CT molecular complexity index is 2220. The van der Waals surface area contributed by atoms with Crippen molar-refractivity contribution < 1.29 is 38.7 Å². The Morgan fingerprint density at radius 1 is 0.580 bits per heavy atom. The smallest absolute Gasteiger partial charge is 0.341 e. The van der Waals surface area contributed by atoms with Gasteiger partial charge in [0.2, 0.25) is 0 Å². The first-order valence-electron chi connectivity index (χ1n) is 15.4. The molecule has 250 valence electrons. The van der Waals surface area contributed by atoms with E-state index in [1.54, 1.807) is 24.3 Å². The number of aliphatic carboxylic acids is 2. The highest BCUT2D eigenvalue weighted by Gasteiger charge is 2.17. The number of nitrogens with one attached hydrogen (secondary N) is 2. The van der Waals surface area contributed by atoms with E-state index in [4.69, 9.17) is 28.9 Å². The number of hydrogen-bond donors (Lipinski definition) is 4. The summed E-state index contributed by atoms with van der Waals surface area (Å²) >= 11 is 0. The second kappa shape index (κ2) is 13.4. The van der Waals surface area contributed by atoms with E-state index >= 15 is 0 Å². The summed E-state index contributed by atoms with van der Waals surface area (Å²) in [7, 11) is 2.99. The van der Waals surface area contributed by atoms with Crippen molar-refractivity contribution in [1.82, 2.24) is 19.9 Å². The van der Waals surface area contributed by atoms with E-state index in [-0.39, 0.29) is 0 Å². The van der Waals surface area contributed by atoms with E-state index in [0.29, 0.717) is 45.8 Å². The van der Waals surface area contributed by atoms with Crippen molar-refractivity contribution in [3.63, 3.8) is 0 Å². The monoisotopic (exact) mass is 670 g/mol. The van der Waals surface area contributed by atoms with Crippen molar-refractivity contribution in [3.8, 4) is 45.3 Å². The van der Waals surface area contributed by atoms with Gasteiger partial charge >= 0.3 is 11.9 Å². The largest absolute Gasteiger partial charge is 0.493 e. The summed E-state index contributed by atoms with van der Waals surface area (Å²) in [5.41, 5.74) is 8.95. The van der Waals surface area contributed by atoms with Gasteiger partial charge < -0.3 is 39.1 Å². The van der Waals surface area contributed by atoms with E-state index < -0.39 is 25.2 Å². The second-order valence-corrected chi connectivity index (χ2v) is 11.3. The van der Waals surface area contributed by atoms with Gasteiger partial charge in [0.1, 0.15) is 0 Å². The Balaban J connectivity index is 1.45. The molecule has 5 aromatic rings. The molecule has 12 nitrogen and oxygen atoms in total. The highest BCUT2D eigenvalue weighted by atomic mass is 16.5. The van der Waals surface area contributed by atoms with Gasteiger partial charge in [0.05, 0.1) is 37.0 Å². The topological polar surface area (TPSA) is 169 Å². The molecule has 8 bridgehead atoms. The molecule has 2 aliphatic heterocycles. The van der Waals surface area contributed by atoms with Crippen molar-refractivity contribution in [2.45, 2.75) is 0 Å². The zero-order valence-electron chi connectivity index (χ0n) is 26.9. The van der Waals surface area contributed by atoms with Gasteiger partial charge in [-0.1, -0.05) is 12.1 Å². The molecule has 5 heterocycles. The van der Waals surface area contributed by atoms with Crippen LogP contribution in [0.4, 0.5) is 0 Å². The molecular weight excluding hydrogens is 640 g/mol. The molecule has 0 atom stereocenters. The van der Waals surface area contributed by atoms with Gasteiger partial charge in [-0.15, -0.1) is 0 Å². The lowest BCUT2D eigenvalue weighted by molar-refractivity contribution is -0.140. The van der Waals surface area contributed by atoms with Gasteiger partial charge in [0.25, 0.3) is 0 Å². The summed E-state index contributed by atoms with van der Waals surface area (Å²) in [6.07, 6.45) is 7.68. The Morgan fingerprint density at radius 3 is 1.42 bits per heavy atom. The van der Waals surface area contributed by atoms with Gasteiger partial charge in [-0.2, -0.15) is 0 Å². The number of methoxy groups -OCH3 is 2. The lowest BCUT2D eigenvalue weighted by Crippen LogP contribution is -2.10. The van der Waals surface area contributed by atoms with Crippen LogP contribution in [0.1, 0.15) is 22.8 Å². The quantitative estimate of drug-likeness (QED) is 0.120. The van der Waals surface area contributed by atoms with Crippen LogP contribution in [0.25, 0.3) is 68.6 Å². The van der Waals surface area contributed by atoms with Crippen molar-refractivity contribution in [3.05, 3.63) is 95.6 Å². The molecule has 0 fully saturated rings. The van der Waals surface area contributed by atoms with Crippen LogP contribution in [0.3, 0.4) is 0 Å². The first-order chi connectivity index (χ1) is 24.3. The highest BCUT2D eigenvalue weighted by Crippen LogP contribution is 2.38. The predicted molar refractivity (Wildman–Crippen MR) is 189 cm³/mol. The van der Waals surface area contributed by atoms with E-state index in [1.807, 2.05) is 72.8 Å². The van der Waals surface area contributed by atoms with E-state index in [1.165, 1.54) is 14.2 Å². The minimum atomic E-state index is -1.10. The van der Waals surface area contributed by atoms with Crippen LogP contribution in [0.5, 0.6) is 23.0 Å². The molecule has 0 aliphatic carbocycles. The molecule has 0 spiro atoms. The molecule has 0 saturated heterocycles. The van der Waals surface area contributed by atoms with Crippen LogP contribution in [0.2, 0.25) is 0 Å². The molecule has 0 unspecified atom stereocenters. The molecule has 12 heteroatoms. The zero-order chi connectivity index (χ0) is 34.8. The molecular formula is C38H30N4O8. The Labute approximate surface area is 284 Å². The third-order valence-electron chi connectivity index (χ3n) is 8.00. The zero-order valence-corrected chi connectivity index (χ0v) is 26.9. The Hall–Kier alpha value is -6.82. The summed E-state index contributed by atoms with van der Waals surface area (Å²) in [6, 6.07) is 22.4. The summed E-state index contributed by atoms with van der Waals surface area (Å²) < 4.78 is 22.0. The molecule has 2 aromatic carbocycles. The maximum atomic E-state index is 11.3. The predicted octanol–water partition coefficient (Wildman–Crippen LogP) is 6.93. The number of carboxylic acid groups (broad SMARTS) is 2. The average molecular weight is 671 g/mol. The van der Waals surface area contributed by atoms with Crippen LogP contribution in [-0.4, -0.2) is 69.5 Å². The summed E-state index contributed by atoms with van der Waals surface area (Å²) in [6.45, 7) is -1.04. The minimum absolute atomic E-state index is 0.292. The first-order valence-corrected chi connectivity index (χ1v) is 15.4. The molecule has 0 radical (unpaired) electrons. The number of carbonyl (C=O) groups is 2. The third kappa shape index (κ3) is 6.49. The number of nitrogens with zero attached hydrogens (tertiary/aromatic N) is 2. The Kier molecular flexibility index (Phi) is 8.48. The Morgan fingerprint density at radius 2 is 1.02 bits per heavy atom. The number of H-pyrrole nitrogens is 2. The fourth-order valence-corrected chi connectivity index (χ4v) is 5.85. The van der Waals surface area contributed by atoms with Gasteiger partial charge in [-0.05, 0) is 96.1 Å². The van der Waals surface area contributed by atoms with E-state index in [0.717, 1.165) is 44.3 Å². The number of aromatic nitrogens is 4. The van der Waals surface area contributed by atoms with Gasteiger partial charge in [-0.25, -0.2) is 19.6 Å². The van der Waals surface area contributed by atoms with Gasteiger partial charge in [0.15, 0.2) is 36.2 Å². The van der Waals surface area contributed by atoms with Crippen LogP contribution >= 0.6 is 0 Å². The lowest BCUT2D eigenvalue weighted by Gasteiger charge is -2.12. The fourth-order valence-electron chi connectivity index (χ4n) is 5.85. The maximum absolute atomic E-state index is 11.3. The fraction of sp³-hybridized carbons (Fsp3) is 0.105. The number of aromatic amines is 2. The SMILES string of the molecule is COc1ccc(-c2c3nc(cc4ccc([nH]4)c(-c4ccc(OC)c(OCC(=O)O)c4)c4nc(cc5ccc2[nH]5)C=C4)C=C3)cc1OCC(=O)O. The number of carboxylic acids is 2. The number of benzene rings is 2. The van der Waals surface area contributed by atoms with Crippen molar-refractivity contribution in [1.29, 1.82) is 0 Å². The number of ether oxygens (including phenoxy) is 4. The van der Waals surface area contributed by atoms with E-state index in [2.05, 4.69) is 9.97 Å². The van der Waals surface area contributed by atoms with Crippen LogP contribution in [0.15, 0.2) is 72.8 Å². The van der Waals surface area contributed by atoms with Gasteiger partial charge in [0, 0.05) is 33.2 Å². The van der Waals surface area contributed by atoms with Crippen LogP contribution in [0, 0.1) is 0 Å². The van der Waals surface area contributed by atoms with E-state index in [9.17, 15) is 19.8 Å². The number of fused-ring (bicyclic) bond motifs is 8. The van der Waals surface area contributed by atoms with Gasteiger partial charge in [-0.3, -0.25) is 0 Å². The highest BCUT2D eigenvalue weighted by molar-refractivity contribution is 5.93. The van der Waals surface area contributed by atoms with Crippen molar-refractivity contribution in [2.24, 2.45) is 0 Å². The standard InChI is InChI=1S/C38H30N4O8/c1-47-31-13-3-21(15-33(31)49-19-35(43)44)37-27-9-5-23(39-27)17-25-7-11-29(41-25)38(22-4-14-32(48-2)34(16-22)50-20-36(45)46)30-12-8-26(42-30)18-24-6-10-28(37)40-24/h3-18,39,42H,19-20H2,1-2H3,(H,43,44)(H,45,46). The average Bonchev–Trinajstić information content (AvgIpc) is 3.94. The second-order valence-electron chi connectivity index (χ2n) is 11.3. The molecule has 0 saturated carbocycles. The minimum Gasteiger partial charge on any atom is -0.493 e. The summed E-state index contributed by atoms with van der Waals surface area (Å²) in [5, 5.41) is 18.4. The summed E-state index contributed by atoms with van der Waals surface area (Å²) in [5.74, 6) is -0.802. The number of hydrogen-bond acceptors (Lipinski definition) is 8. The van der Waals surface area contributed by atoms with Crippen molar-refractivity contribution in [2.75, 3.05) is 27.4 Å². The van der Waals surface area contributed by atoms with Crippen LogP contribution < -0.4 is 18.9 Å². The molecule has 3 aromatic heterocycles. The molecule has 0 amide bonds. The lowest BCUT2D eigenvalue weighted by atomic mass is 10.0. The number of rotatable bonds is 10. The molecule has 2 aliphatic rings. The summed E-state index contributed by atoms with van der Waals surface area (Å²) in [4.78, 5) is 39.4. The van der Waals surface area contributed by atoms with Crippen LogP contribution in [-0.2, 0) is 9.59 Å². The molecule has 7 rings (SSSR count). The van der Waals surface area contributed by atoms with Crippen molar-refractivity contribution >= 4 is 58.3 Å². The first kappa shape index (κ1) is 31.8. The maximum Gasteiger partial charge on any atom is 0.341 e. The normalized spacial score (nSPS) is 11.7.